The van der Waals surface area contributed by atoms with E-state index < -0.39 is 12.8 Å². The largest absolute Gasteiger partial charge is 0.507 e. The molecule has 1 amide bonds. The maximum absolute atomic E-state index is 12.0. The lowest BCUT2D eigenvalue weighted by Crippen LogP contribution is -2.19. The third-order valence-corrected chi connectivity index (χ3v) is 3.20. The number of rotatable bonds is 4. The lowest BCUT2D eigenvalue weighted by molar-refractivity contribution is -0.153. The van der Waals surface area contributed by atoms with Crippen molar-refractivity contribution in [1.29, 1.82) is 0 Å². The zero-order valence-electron chi connectivity index (χ0n) is 10.9. The highest BCUT2D eigenvalue weighted by Gasteiger charge is 2.28. The molecule has 1 aliphatic heterocycles. The summed E-state index contributed by atoms with van der Waals surface area (Å²) in [7, 11) is 0. The van der Waals surface area contributed by atoms with Gasteiger partial charge in [-0.3, -0.25) is 4.79 Å². The minimum atomic E-state index is -4.45. The third kappa shape index (κ3) is 4.95. The Hall–Kier alpha value is -2.23. The summed E-state index contributed by atoms with van der Waals surface area (Å²) in [6, 6.07) is 3.66. The highest BCUT2D eigenvalue weighted by atomic mass is 32.2. The first-order valence-electron chi connectivity index (χ1n) is 5.90. The van der Waals surface area contributed by atoms with Crippen molar-refractivity contribution < 1.29 is 27.8 Å². The van der Waals surface area contributed by atoms with E-state index in [1.165, 1.54) is 30.1 Å². The predicted octanol–water partition coefficient (Wildman–Crippen LogP) is 1.89. The van der Waals surface area contributed by atoms with Crippen molar-refractivity contribution in [2.45, 2.75) is 6.18 Å². The van der Waals surface area contributed by atoms with E-state index in [-0.39, 0.29) is 28.7 Å². The molecule has 1 aliphatic rings. The van der Waals surface area contributed by atoms with E-state index in [9.17, 15) is 23.1 Å². The number of phenols is 1. The molecular formula is C12H10F3N3O3S. The molecule has 0 spiro atoms. The van der Waals surface area contributed by atoms with Gasteiger partial charge in [-0.25, -0.2) is 0 Å². The number of amidine groups is 1. The number of hydrogen-bond donors (Lipinski definition) is 2. The zero-order chi connectivity index (χ0) is 16.2. The molecule has 0 bridgehead atoms. The van der Waals surface area contributed by atoms with E-state index >= 15 is 0 Å². The Morgan fingerprint density at radius 1 is 1.45 bits per heavy atom. The molecule has 1 heterocycles. The number of benzene rings is 1. The number of aromatic hydroxyl groups is 1. The fraction of sp³-hybridized carbons (Fsp3) is 0.250. The van der Waals surface area contributed by atoms with Gasteiger partial charge in [0.25, 0.3) is 0 Å². The van der Waals surface area contributed by atoms with E-state index in [1.54, 1.807) is 0 Å². The summed E-state index contributed by atoms with van der Waals surface area (Å²) in [4.78, 5) is 10.9. The molecule has 0 atom stereocenters. The van der Waals surface area contributed by atoms with Gasteiger partial charge in [0, 0.05) is 11.6 Å². The van der Waals surface area contributed by atoms with Crippen molar-refractivity contribution in [2.75, 3.05) is 12.4 Å². The number of thioether (sulfide) groups is 1. The normalized spacial score (nSPS) is 17.2. The maximum atomic E-state index is 12.0. The second-order valence-electron chi connectivity index (χ2n) is 4.11. The minimum Gasteiger partial charge on any atom is -0.507 e. The number of phenolic OH excluding ortho intramolecular Hbond substituents is 1. The maximum Gasteiger partial charge on any atom is 0.422 e. The summed E-state index contributed by atoms with van der Waals surface area (Å²) in [6.45, 7) is -1.44. The van der Waals surface area contributed by atoms with Crippen LogP contribution in [0.5, 0.6) is 11.5 Å². The molecule has 0 unspecified atom stereocenters. The summed E-state index contributed by atoms with van der Waals surface area (Å²) in [5.74, 6) is -0.318. The summed E-state index contributed by atoms with van der Waals surface area (Å²) in [5.41, 5.74) is 0.248. The zero-order valence-corrected chi connectivity index (χ0v) is 11.7. The van der Waals surface area contributed by atoms with Crippen molar-refractivity contribution in [1.82, 2.24) is 5.32 Å². The number of ether oxygens (including phenoxy) is 1. The summed E-state index contributed by atoms with van der Waals surface area (Å²) in [5, 5.41) is 19.9. The fourth-order valence-corrected chi connectivity index (χ4v) is 2.04. The van der Waals surface area contributed by atoms with Crippen LogP contribution in [0.15, 0.2) is 28.4 Å². The second-order valence-corrected chi connectivity index (χ2v) is 5.08. The topological polar surface area (TPSA) is 83.3 Å². The lowest BCUT2D eigenvalue weighted by atomic mass is 10.2. The van der Waals surface area contributed by atoms with Crippen LogP contribution in [0.25, 0.3) is 0 Å². The molecule has 1 aromatic carbocycles. The molecular weight excluding hydrogens is 323 g/mol. The molecule has 22 heavy (non-hydrogen) atoms. The molecule has 0 saturated carbocycles. The fourth-order valence-electron chi connectivity index (χ4n) is 1.41. The SMILES string of the molecule is O=C1CSC(=NN=Cc2ccc(OCC(F)(F)F)cc2O)N1. The smallest absolute Gasteiger partial charge is 0.422 e. The van der Waals surface area contributed by atoms with Crippen molar-refractivity contribution in [3.63, 3.8) is 0 Å². The molecule has 0 radical (unpaired) electrons. The van der Waals surface area contributed by atoms with Gasteiger partial charge in [-0.15, -0.1) is 5.10 Å². The van der Waals surface area contributed by atoms with Gasteiger partial charge in [0.1, 0.15) is 11.5 Å². The Labute approximate surface area is 127 Å². The van der Waals surface area contributed by atoms with Crippen LogP contribution in [0.4, 0.5) is 13.2 Å². The number of halogens is 3. The van der Waals surface area contributed by atoms with Crippen LogP contribution in [0.2, 0.25) is 0 Å². The Balaban J connectivity index is 1.99. The number of alkyl halides is 3. The van der Waals surface area contributed by atoms with Crippen LogP contribution in [-0.2, 0) is 4.79 Å². The molecule has 2 rings (SSSR count). The van der Waals surface area contributed by atoms with E-state index in [4.69, 9.17) is 0 Å². The van der Waals surface area contributed by atoms with Crippen molar-refractivity contribution >= 4 is 29.1 Å². The predicted molar refractivity (Wildman–Crippen MR) is 75.3 cm³/mol. The number of carbonyl (C=O) groups excluding carboxylic acids is 1. The summed E-state index contributed by atoms with van der Waals surface area (Å²) >= 11 is 1.19. The molecule has 1 fully saturated rings. The molecule has 1 saturated heterocycles. The summed E-state index contributed by atoms with van der Waals surface area (Å²) < 4.78 is 40.5. The van der Waals surface area contributed by atoms with Crippen LogP contribution in [0.3, 0.4) is 0 Å². The first kappa shape index (κ1) is 16.1. The first-order valence-corrected chi connectivity index (χ1v) is 6.88. The van der Waals surface area contributed by atoms with E-state index in [0.717, 1.165) is 6.07 Å². The molecule has 6 nitrogen and oxygen atoms in total. The van der Waals surface area contributed by atoms with Gasteiger partial charge in [-0.05, 0) is 12.1 Å². The van der Waals surface area contributed by atoms with Gasteiger partial charge < -0.3 is 15.2 Å². The van der Waals surface area contributed by atoms with Gasteiger partial charge in [0.15, 0.2) is 11.8 Å². The first-order chi connectivity index (χ1) is 10.3. The molecule has 2 N–H and O–H groups in total. The van der Waals surface area contributed by atoms with Crippen LogP contribution < -0.4 is 10.1 Å². The van der Waals surface area contributed by atoms with Crippen LogP contribution in [-0.4, -0.2) is 40.9 Å². The van der Waals surface area contributed by atoms with Gasteiger partial charge in [-0.2, -0.15) is 18.3 Å². The van der Waals surface area contributed by atoms with Crippen molar-refractivity contribution in [2.24, 2.45) is 10.2 Å². The summed E-state index contributed by atoms with van der Waals surface area (Å²) in [6.07, 6.45) is -3.24. The molecule has 118 valence electrons. The van der Waals surface area contributed by atoms with Gasteiger partial charge in [-0.1, -0.05) is 11.8 Å². The lowest BCUT2D eigenvalue weighted by Gasteiger charge is -2.09. The Morgan fingerprint density at radius 3 is 2.82 bits per heavy atom. The minimum absolute atomic E-state index is 0.114. The Bertz CT molecular complexity index is 632. The number of hydrogen-bond acceptors (Lipinski definition) is 6. The quantitative estimate of drug-likeness (QED) is 0.651. The average molecular weight is 333 g/mol. The van der Waals surface area contributed by atoms with Crippen LogP contribution in [0.1, 0.15) is 5.56 Å². The van der Waals surface area contributed by atoms with Gasteiger partial charge in [0.2, 0.25) is 5.91 Å². The average Bonchev–Trinajstić information content (AvgIpc) is 2.83. The number of nitrogens with zero attached hydrogens (tertiary/aromatic N) is 2. The monoisotopic (exact) mass is 333 g/mol. The highest BCUT2D eigenvalue weighted by molar-refractivity contribution is 8.15. The van der Waals surface area contributed by atoms with E-state index in [1.807, 2.05) is 0 Å². The third-order valence-electron chi connectivity index (χ3n) is 2.34. The molecule has 0 aliphatic carbocycles. The van der Waals surface area contributed by atoms with Gasteiger partial charge in [0.05, 0.1) is 12.0 Å². The second kappa shape index (κ2) is 6.69. The molecule has 0 aromatic heterocycles. The number of amides is 1. The Morgan fingerprint density at radius 2 is 2.23 bits per heavy atom. The standard InChI is InChI=1S/C12H10F3N3O3S/c13-12(14,15)6-21-8-2-1-7(9(19)3-8)4-16-18-11-17-10(20)5-22-11/h1-4,19H,5-6H2,(H,17,18,20). The van der Waals surface area contributed by atoms with E-state index in [0.29, 0.717) is 5.17 Å². The van der Waals surface area contributed by atoms with Crippen LogP contribution >= 0.6 is 11.8 Å². The van der Waals surface area contributed by atoms with Gasteiger partial charge >= 0.3 is 6.18 Å². The van der Waals surface area contributed by atoms with Crippen LogP contribution in [0, 0.1) is 0 Å². The van der Waals surface area contributed by atoms with Crippen molar-refractivity contribution in [3.05, 3.63) is 23.8 Å². The highest BCUT2D eigenvalue weighted by Crippen LogP contribution is 2.24. The van der Waals surface area contributed by atoms with E-state index in [2.05, 4.69) is 20.3 Å². The molecule has 1 aromatic rings. The Kier molecular flexibility index (Phi) is 4.91. The van der Waals surface area contributed by atoms with Crippen molar-refractivity contribution in [3.8, 4) is 11.5 Å². The molecule has 10 heteroatoms. The number of carbonyl (C=O) groups is 1. The number of nitrogens with one attached hydrogen (secondary N) is 1.